The van der Waals surface area contributed by atoms with E-state index in [0.29, 0.717) is 5.56 Å². The van der Waals surface area contributed by atoms with Gasteiger partial charge in [0.15, 0.2) is 0 Å². The summed E-state index contributed by atoms with van der Waals surface area (Å²) in [6.45, 7) is 0. The Labute approximate surface area is 132 Å². The molecule has 0 bridgehead atoms. The lowest BCUT2D eigenvalue weighted by molar-refractivity contribution is 0.0933. The highest BCUT2D eigenvalue weighted by Gasteiger charge is 2.20. The molecule has 1 aliphatic carbocycles. The molecule has 0 atom stereocenters. The van der Waals surface area contributed by atoms with E-state index in [1.807, 2.05) is 0 Å². The van der Waals surface area contributed by atoms with E-state index in [0.717, 1.165) is 30.0 Å². The van der Waals surface area contributed by atoms with Gasteiger partial charge in [0, 0.05) is 25.7 Å². The maximum Gasteiger partial charge on any atom is 0.251 e. The van der Waals surface area contributed by atoms with E-state index in [1.165, 1.54) is 39.1 Å². The molecule has 1 saturated carbocycles. The number of carbonyl (C=O) groups excluding carboxylic acids is 1. The highest BCUT2D eigenvalue weighted by atomic mass is 32.2. The highest BCUT2D eigenvalue weighted by molar-refractivity contribution is 7.89. The van der Waals surface area contributed by atoms with Crippen LogP contribution in [-0.2, 0) is 10.0 Å². The Morgan fingerprint density at radius 1 is 1.14 bits per heavy atom. The average molecular weight is 324 g/mol. The molecule has 2 rings (SSSR count). The van der Waals surface area contributed by atoms with Gasteiger partial charge in [-0.25, -0.2) is 12.7 Å². The molecule has 5 nitrogen and oxygen atoms in total. The van der Waals surface area contributed by atoms with E-state index in [2.05, 4.69) is 5.32 Å². The Morgan fingerprint density at radius 3 is 2.36 bits per heavy atom. The van der Waals surface area contributed by atoms with Gasteiger partial charge in [-0.3, -0.25) is 4.79 Å². The Morgan fingerprint density at radius 2 is 1.77 bits per heavy atom. The molecule has 1 aromatic rings. The molecule has 0 spiro atoms. The third kappa shape index (κ3) is 4.08. The van der Waals surface area contributed by atoms with E-state index < -0.39 is 10.0 Å². The van der Waals surface area contributed by atoms with Gasteiger partial charge in [0.05, 0.1) is 4.90 Å². The molecule has 0 aromatic heterocycles. The third-order valence-corrected chi connectivity index (χ3v) is 5.88. The van der Waals surface area contributed by atoms with E-state index in [9.17, 15) is 13.2 Å². The summed E-state index contributed by atoms with van der Waals surface area (Å²) in [5.41, 5.74) is 0.396. The Bertz CT molecular complexity index is 618. The molecule has 1 aromatic carbocycles. The van der Waals surface area contributed by atoms with E-state index >= 15 is 0 Å². The van der Waals surface area contributed by atoms with Gasteiger partial charge in [-0.05, 0) is 31.0 Å². The second-order valence-electron chi connectivity index (χ2n) is 5.98. The molecule has 6 heteroatoms. The minimum Gasteiger partial charge on any atom is -0.349 e. The fraction of sp³-hybridized carbons (Fsp3) is 0.562. The van der Waals surface area contributed by atoms with Crippen molar-refractivity contribution in [2.24, 2.45) is 0 Å². The first kappa shape index (κ1) is 17.0. The van der Waals surface area contributed by atoms with Crippen LogP contribution < -0.4 is 5.32 Å². The van der Waals surface area contributed by atoms with Crippen molar-refractivity contribution in [2.45, 2.75) is 49.5 Å². The number of rotatable bonds is 4. The summed E-state index contributed by atoms with van der Waals surface area (Å²) in [5, 5.41) is 3.04. The van der Waals surface area contributed by atoms with Crippen molar-refractivity contribution in [1.82, 2.24) is 9.62 Å². The predicted molar refractivity (Wildman–Crippen MR) is 86.3 cm³/mol. The molecule has 22 heavy (non-hydrogen) atoms. The fourth-order valence-electron chi connectivity index (χ4n) is 2.70. The van der Waals surface area contributed by atoms with Crippen molar-refractivity contribution in [2.75, 3.05) is 14.1 Å². The number of hydrogen-bond donors (Lipinski definition) is 1. The van der Waals surface area contributed by atoms with Gasteiger partial charge in [0.1, 0.15) is 0 Å². The fourth-order valence-corrected chi connectivity index (χ4v) is 3.65. The largest absolute Gasteiger partial charge is 0.349 e. The molecule has 0 unspecified atom stereocenters. The third-order valence-electron chi connectivity index (χ3n) is 4.07. The van der Waals surface area contributed by atoms with Gasteiger partial charge in [-0.15, -0.1) is 0 Å². The zero-order valence-corrected chi connectivity index (χ0v) is 14.0. The topological polar surface area (TPSA) is 66.5 Å². The highest BCUT2D eigenvalue weighted by Crippen LogP contribution is 2.19. The van der Waals surface area contributed by atoms with Crippen molar-refractivity contribution in [3.63, 3.8) is 0 Å². The second-order valence-corrected chi connectivity index (χ2v) is 8.13. The van der Waals surface area contributed by atoms with Crippen molar-refractivity contribution in [1.29, 1.82) is 0 Å². The summed E-state index contributed by atoms with van der Waals surface area (Å²) in [6.07, 6.45) is 6.73. The Hall–Kier alpha value is -1.40. The Balaban J connectivity index is 2.13. The van der Waals surface area contributed by atoms with Crippen LogP contribution in [0.5, 0.6) is 0 Å². The SMILES string of the molecule is CN(C)S(=O)(=O)c1cccc(C(=O)NC2CCCCCC2)c1. The van der Waals surface area contributed by atoms with Crippen LogP contribution >= 0.6 is 0 Å². The van der Waals surface area contributed by atoms with Gasteiger partial charge in [-0.1, -0.05) is 31.7 Å². The smallest absolute Gasteiger partial charge is 0.251 e. The average Bonchev–Trinajstić information content (AvgIpc) is 2.76. The van der Waals surface area contributed by atoms with Crippen LogP contribution in [0.15, 0.2) is 29.2 Å². The van der Waals surface area contributed by atoms with Crippen LogP contribution in [0.1, 0.15) is 48.9 Å². The van der Waals surface area contributed by atoms with Crippen molar-refractivity contribution < 1.29 is 13.2 Å². The van der Waals surface area contributed by atoms with E-state index in [1.54, 1.807) is 12.1 Å². The number of hydrogen-bond acceptors (Lipinski definition) is 3. The monoisotopic (exact) mass is 324 g/mol. The lowest BCUT2D eigenvalue weighted by Gasteiger charge is -2.17. The van der Waals surface area contributed by atoms with Gasteiger partial charge in [0.2, 0.25) is 10.0 Å². The molecule has 0 saturated heterocycles. The van der Waals surface area contributed by atoms with E-state index in [4.69, 9.17) is 0 Å². The van der Waals surface area contributed by atoms with Crippen LogP contribution in [0, 0.1) is 0 Å². The lowest BCUT2D eigenvalue weighted by atomic mass is 10.1. The summed E-state index contributed by atoms with van der Waals surface area (Å²) in [6, 6.07) is 6.42. The van der Waals surface area contributed by atoms with Crippen LogP contribution in [-0.4, -0.2) is 38.8 Å². The zero-order chi connectivity index (χ0) is 16.2. The second kappa shape index (κ2) is 7.24. The quantitative estimate of drug-likeness (QED) is 0.865. The summed E-state index contributed by atoms with van der Waals surface area (Å²) in [5.74, 6) is -0.192. The standard InChI is InChI=1S/C16H24N2O3S/c1-18(2)22(20,21)15-11-7-8-13(12-15)16(19)17-14-9-5-3-4-6-10-14/h7-8,11-12,14H,3-6,9-10H2,1-2H3,(H,17,19). The maximum atomic E-state index is 12.4. The maximum absolute atomic E-state index is 12.4. The van der Waals surface area contributed by atoms with E-state index in [-0.39, 0.29) is 16.8 Å². The molecule has 122 valence electrons. The number of nitrogens with zero attached hydrogens (tertiary/aromatic N) is 1. The Kier molecular flexibility index (Phi) is 5.58. The van der Waals surface area contributed by atoms with Gasteiger partial charge < -0.3 is 5.32 Å². The first-order chi connectivity index (χ1) is 10.4. The molecule has 1 aliphatic rings. The number of nitrogens with one attached hydrogen (secondary N) is 1. The summed E-state index contributed by atoms with van der Waals surface area (Å²) in [7, 11) is -0.559. The van der Waals surface area contributed by atoms with Crippen molar-refractivity contribution in [3.8, 4) is 0 Å². The minimum atomic E-state index is -3.52. The summed E-state index contributed by atoms with van der Waals surface area (Å²) < 4.78 is 25.4. The van der Waals surface area contributed by atoms with Crippen molar-refractivity contribution in [3.05, 3.63) is 29.8 Å². The molecule has 0 heterocycles. The molecule has 0 radical (unpaired) electrons. The van der Waals surface area contributed by atoms with Crippen molar-refractivity contribution >= 4 is 15.9 Å². The normalized spacial score (nSPS) is 17.2. The molecule has 1 fully saturated rings. The molecule has 1 amide bonds. The van der Waals surface area contributed by atoms with Gasteiger partial charge in [-0.2, -0.15) is 0 Å². The summed E-state index contributed by atoms with van der Waals surface area (Å²) >= 11 is 0. The van der Waals surface area contributed by atoms with Crippen LogP contribution in [0.3, 0.4) is 0 Å². The number of carbonyl (C=O) groups is 1. The van der Waals surface area contributed by atoms with Gasteiger partial charge >= 0.3 is 0 Å². The summed E-state index contributed by atoms with van der Waals surface area (Å²) in [4.78, 5) is 12.5. The lowest BCUT2D eigenvalue weighted by Crippen LogP contribution is -2.34. The van der Waals surface area contributed by atoms with Gasteiger partial charge in [0.25, 0.3) is 5.91 Å². The number of benzene rings is 1. The van der Waals surface area contributed by atoms with Crippen LogP contribution in [0.4, 0.5) is 0 Å². The first-order valence-corrected chi connectivity index (χ1v) is 9.19. The van der Waals surface area contributed by atoms with Crippen LogP contribution in [0.2, 0.25) is 0 Å². The molecular formula is C16H24N2O3S. The molecule has 1 N–H and O–H groups in total. The minimum absolute atomic E-state index is 0.144. The number of sulfonamides is 1. The molecule has 0 aliphatic heterocycles. The molecular weight excluding hydrogens is 300 g/mol. The first-order valence-electron chi connectivity index (χ1n) is 7.75. The van der Waals surface area contributed by atoms with Crippen LogP contribution in [0.25, 0.3) is 0 Å². The number of amides is 1. The zero-order valence-electron chi connectivity index (χ0n) is 13.2. The predicted octanol–water partition coefficient (Wildman–Crippen LogP) is 2.39.